The number of carboxylic acid groups (broad SMARTS) is 2. The SMILES string of the molecule is COCCOC/C(=C\C1(C(=O)NC2CCC(C(=O)O)CC2)CCCC1)C(=O)O. The summed E-state index contributed by atoms with van der Waals surface area (Å²) in [5, 5.41) is 21.7. The van der Waals surface area contributed by atoms with Gasteiger partial charge in [0, 0.05) is 13.2 Å². The molecule has 8 heteroatoms. The molecule has 0 unspecified atom stereocenters. The standard InChI is InChI=1S/C20H31NO7/c1-27-10-11-28-13-15(18(24)25)12-20(8-2-3-9-20)19(26)21-16-6-4-14(5-7-16)17(22)23/h12,14,16H,2-11,13H2,1H3,(H,21,26)(H,22,23)(H,24,25)/b15-12+. The van der Waals surface area contributed by atoms with Gasteiger partial charge in [-0.1, -0.05) is 18.9 Å². The van der Waals surface area contributed by atoms with Gasteiger partial charge in [0.1, 0.15) is 0 Å². The molecule has 0 atom stereocenters. The van der Waals surface area contributed by atoms with E-state index in [1.165, 1.54) is 0 Å². The van der Waals surface area contributed by atoms with E-state index in [-0.39, 0.29) is 36.7 Å². The lowest BCUT2D eigenvalue weighted by atomic mass is 9.81. The molecule has 158 valence electrons. The van der Waals surface area contributed by atoms with Crippen molar-refractivity contribution < 1.29 is 34.1 Å². The second-order valence-electron chi connectivity index (χ2n) is 7.74. The van der Waals surface area contributed by atoms with Crippen molar-refractivity contribution in [1.29, 1.82) is 0 Å². The largest absolute Gasteiger partial charge is 0.481 e. The summed E-state index contributed by atoms with van der Waals surface area (Å²) < 4.78 is 10.2. The highest BCUT2D eigenvalue weighted by atomic mass is 16.5. The molecular formula is C20H31NO7. The van der Waals surface area contributed by atoms with Crippen LogP contribution in [0.15, 0.2) is 11.6 Å². The van der Waals surface area contributed by atoms with Gasteiger partial charge >= 0.3 is 11.9 Å². The van der Waals surface area contributed by atoms with E-state index in [1.54, 1.807) is 13.2 Å². The summed E-state index contributed by atoms with van der Waals surface area (Å²) in [6, 6.07) is -0.0554. The van der Waals surface area contributed by atoms with Crippen molar-refractivity contribution in [2.75, 3.05) is 26.9 Å². The first-order chi connectivity index (χ1) is 13.4. The van der Waals surface area contributed by atoms with Crippen molar-refractivity contribution in [1.82, 2.24) is 5.32 Å². The number of carbonyl (C=O) groups excluding carboxylic acids is 1. The van der Waals surface area contributed by atoms with Crippen LogP contribution in [-0.4, -0.2) is 61.0 Å². The molecule has 0 saturated heterocycles. The van der Waals surface area contributed by atoms with Crippen LogP contribution in [0.4, 0.5) is 0 Å². The van der Waals surface area contributed by atoms with Crippen LogP contribution in [0.2, 0.25) is 0 Å². The first kappa shape index (κ1) is 22.4. The van der Waals surface area contributed by atoms with E-state index in [1.807, 2.05) is 0 Å². The van der Waals surface area contributed by atoms with Crippen molar-refractivity contribution in [2.45, 2.75) is 57.4 Å². The van der Waals surface area contributed by atoms with Crippen LogP contribution in [-0.2, 0) is 23.9 Å². The van der Waals surface area contributed by atoms with Crippen LogP contribution in [0.5, 0.6) is 0 Å². The fourth-order valence-electron chi connectivity index (χ4n) is 4.08. The predicted molar refractivity (Wildman–Crippen MR) is 101 cm³/mol. The van der Waals surface area contributed by atoms with Gasteiger partial charge in [-0.05, 0) is 38.5 Å². The lowest BCUT2D eigenvalue weighted by Crippen LogP contribution is -2.45. The number of ether oxygens (including phenoxy) is 2. The Morgan fingerprint density at radius 2 is 1.71 bits per heavy atom. The zero-order valence-electron chi connectivity index (χ0n) is 16.4. The van der Waals surface area contributed by atoms with Crippen molar-refractivity contribution in [2.24, 2.45) is 11.3 Å². The number of rotatable bonds is 10. The predicted octanol–water partition coefficient (Wildman–Crippen LogP) is 1.98. The van der Waals surface area contributed by atoms with Crippen LogP contribution >= 0.6 is 0 Å². The van der Waals surface area contributed by atoms with Crippen molar-refractivity contribution in [3.8, 4) is 0 Å². The minimum atomic E-state index is -1.08. The number of hydrogen-bond acceptors (Lipinski definition) is 5. The van der Waals surface area contributed by atoms with E-state index in [9.17, 15) is 19.5 Å². The Bertz CT molecular complexity index is 587. The molecule has 2 fully saturated rings. The number of carbonyl (C=O) groups is 3. The Kier molecular flexibility index (Phi) is 8.44. The van der Waals surface area contributed by atoms with Gasteiger partial charge in [-0.15, -0.1) is 0 Å². The van der Waals surface area contributed by atoms with E-state index in [0.29, 0.717) is 45.1 Å². The number of aliphatic carboxylic acids is 2. The van der Waals surface area contributed by atoms with Gasteiger partial charge in [-0.2, -0.15) is 0 Å². The summed E-state index contributed by atoms with van der Waals surface area (Å²) in [5.74, 6) is -2.35. The molecule has 2 aliphatic carbocycles. The van der Waals surface area contributed by atoms with Gasteiger partial charge < -0.3 is 25.0 Å². The Morgan fingerprint density at radius 3 is 2.25 bits per heavy atom. The highest BCUT2D eigenvalue weighted by Gasteiger charge is 2.41. The molecule has 2 rings (SSSR count). The van der Waals surface area contributed by atoms with E-state index < -0.39 is 17.4 Å². The quantitative estimate of drug-likeness (QED) is 0.380. The lowest BCUT2D eigenvalue weighted by molar-refractivity contribution is -0.143. The molecule has 0 heterocycles. The second-order valence-corrected chi connectivity index (χ2v) is 7.74. The van der Waals surface area contributed by atoms with Gasteiger partial charge in [0.15, 0.2) is 0 Å². The molecule has 2 aliphatic rings. The van der Waals surface area contributed by atoms with Crippen molar-refractivity contribution in [3.05, 3.63) is 11.6 Å². The maximum absolute atomic E-state index is 13.1. The Hall–Kier alpha value is -1.93. The van der Waals surface area contributed by atoms with Crippen LogP contribution < -0.4 is 5.32 Å². The van der Waals surface area contributed by atoms with Gasteiger partial charge in [0.25, 0.3) is 0 Å². The first-order valence-electron chi connectivity index (χ1n) is 9.93. The molecule has 0 aliphatic heterocycles. The summed E-state index contributed by atoms with van der Waals surface area (Å²) >= 11 is 0. The van der Waals surface area contributed by atoms with Gasteiger partial charge in [0.05, 0.1) is 36.7 Å². The molecule has 28 heavy (non-hydrogen) atoms. The average Bonchev–Trinajstić information content (AvgIpc) is 3.14. The first-order valence-corrected chi connectivity index (χ1v) is 9.93. The summed E-state index contributed by atoms with van der Waals surface area (Å²) in [6.07, 6.45) is 6.90. The van der Waals surface area contributed by atoms with Gasteiger partial charge in [-0.25, -0.2) is 4.79 Å². The lowest BCUT2D eigenvalue weighted by Gasteiger charge is -2.31. The summed E-state index contributed by atoms with van der Waals surface area (Å²) in [5.41, 5.74) is -0.745. The highest BCUT2D eigenvalue weighted by Crippen LogP contribution is 2.41. The number of amides is 1. The van der Waals surface area contributed by atoms with E-state index in [2.05, 4.69) is 5.32 Å². The summed E-state index contributed by atoms with van der Waals surface area (Å²) in [6.45, 7) is 0.585. The Morgan fingerprint density at radius 1 is 1.07 bits per heavy atom. The number of carboxylic acids is 2. The second kappa shape index (κ2) is 10.6. The summed E-state index contributed by atoms with van der Waals surface area (Å²) in [7, 11) is 1.54. The molecule has 0 spiro atoms. The Balaban J connectivity index is 2.03. The fraction of sp³-hybridized carbons (Fsp3) is 0.750. The van der Waals surface area contributed by atoms with Gasteiger partial charge in [-0.3, -0.25) is 9.59 Å². The van der Waals surface area contributed by atoms with Crippen LogP contribution in [0, 0.1) is 11.3 Å². The van der Waals surface area contributed by atoms with E-state index >= 15 is 0 Å². The topological polar surface area (TPSA) is 122 Å². The number of methoxy groups -OCH3 is 1. The number of nitrogens with one attached hydrogen (secondary N) is 1. The monoisotopic (exact) mass is 397 g/mol. The summed E-state index contributed by atoms with van der Waals surface area (Å²) in [4.78, 5) is 35.8. The molecule has 0 aromatic rings. The van der Waals surface area contributed by atoms with Crippen molar-refractivity contribution in [3.63, 3.8) is 0 Å². The molecule has 0 aromatic carbocycles. The molecular weight excluding hydrogens is 366 g/mol. The number of hydrogen-bond donors (Lipinski definition) is 3. The normalized spacial score (nSPS) is 24.7. The fourth-order valence-corrected chi connectivity index (χ4v) is 4.08. The molecule has 2 saturated carbocycles. The third-order valence-corrected chi connectivity index (χ3v) is 5.77. The van der Waals surface area contributed by atoms with Crippen LogP contribution in [0.1, 0.15) is 51.4 Å². The van der Waals surface area contributed by atoms with E-state index in [0.717, 1.165) is 12.8 Å². The van der Waals surface area contributed by atoms with Crippen molar-refractivity contribution >= 4 is 17.8 Å². The molecule has 0 radical (unpaired) electrons. The molecule has 1 amide bonds. The molecule has 8 nitrogen and oxygen atoms in total. The third-order valence-electron chi connectivity index (χ3n) is 5.77. The zero-order valence-corrected chi connectivity index (χ0v) is 16.4. The maximum atomic E-state index is 13.1. The molecule has 0 aromatic heterocycles. The van der Waals surface area contributed by atoms with E-state index in [4.69, 9.17) is 14.6 Å². The zero-order chi connectivity index (χ0) is 20.6. The minimum Gasteiger partial charge on any atom is -0.481 e. The maximum Gasteiger partial charge on any atom is 0.333 e. The minimum absolute atomic E-state index is 0.0554. The molecule has 0 bridgehead atoms. The Labute approximate surface area is 165 Å². The van der Waals surface area contributed by atoms with Gasteiger partial charge in [0.2, 0.25) is 5.91 Å². The third kappa shape index (κ3) is 6.04. The molecule has 3 N–H and O–H groups in total. The van der Waals surface area contributed by atoms with Crippen LogP contribution in [0.25, 0.3) is 0 Å². The average molecular weight is 397 g/mol. The smallest absolute Gasteiger partial charge is 0.333 e. The van der Waals surface area contributed by atoms with Crippen LogP contribution in [0.3, 0.4) is 0 Å². The highest BCUT2D eigenvalue weighted by molar-refractivity contribution is 5.91.